The molecule has 3 heteroatoms. The molecule has 2 heterocycles. The van der Waals surface area contributed by atoms with Gasteiger partial charge in [-0.2, -0.15) is 0 Å². The van der Waals surface area contributed by atoms with Crippen LogP contribution < -0.4 is 5.32 Å². The molecule has 3 nitrogen and oxygen atoms in total. The summed E-state index contributed by atoms with van der Waals surface area (Å²) in [6, 6.07) is 1.40. The van der Waals surface area contributed by atoms with Gasteiger partial charge in [0.05, 0.1) is 12.2 Å². The highest BCUT2D eigenvalue weighted by Gasteiger charge is 2.25. The third kappa shape index (κ3) is 3.94. The van der Waals surface area contributed by atoms with Gasteiger partial charge in [0.2, 0.25) is 0 Å². The predicted molar refractivity (Wildman–Crippen MR) is 71.3 cm³/mol. The first-order valence-electron chi connectivity index (χ1n) is 7.24. The average molecular weight is 240 g/mol. The molecule has 0 aromatic rings. The number of nitrogens with zero attached hydrogens (tertiary/aromatic N) is 1. The van der Waals surface area contributed by atoms with Crippen molar-refractivity contribution in [1.29, 1.82) is 0 Å². The fraction of sp³-hybridized carbons (Fsp3) is 1.00. The second-order valence-electron chi connectivity index (χ2n) is 5.96. The summed E-state index contributed by atoms with van der Waals surface area (Å²) < 4.78 is 5.78. The maximum Gasteiger partial charge on any atom is 0.0565 e. The van der Waals surface area contributed by atoms with Crippen molar-refractivity contribution in [3.63, 3.8) is 0 Å². The van der Waals surface area contributed by atoms with Crippen molar-refractivity contribution in [3.8, 4) is 0 Å². The van der Waals surface area contributed by atoms with Crippen LogP contribution in [0.15, 0.2) is 0 Å². The van der Waals surface area contributed by atoms with Crippen LogP contribution in [0.5, 0.6) is 0 Å². The van der Waals surface area contributed by atoms with E-state index in [4.69, 9.17) is 4.74 Å². The lowest BCUT2D eigenvalue weighted by Crippen LogP contribution is -2.48. The molecule has 0 amide bonds. The topological polar surface area (TPSA) is 24.5 Å². The first-order valence-corrected chi connectivity index (χ1v) is 7.24. The Morgan fingerprint density at radius 2 is 1.88 bits per heavy atom. The lowest BCUT2D eigenvalue weighted by Gasteiger charge is -2.36. The summed E-state index contributed by atoms with van der Waals surface area (Å²) in [4.78, 5) is 2.52. The Labute approximate surface area is 106 Å². The van der Waals surface area contributed by atoms with Crippen molar-refractivity contribution in [2.24, 2.45) is 0 Å². The van der Waals surface area contributed by atoms with E-state index in [0.717, 1.165) is 12.6 Å². The molecule has 3 unspecified atom stereocenters. The van der Waals surface area contributed by atoms with E-state index < -0.39 is 0 Å². The van der Waals surface area contributed by atoms with E-state index in [-0.39, 0.29) is 0 Å². The molecule has 2 aliphatic heterocycles. The molecule has 0 spiro atoms. The number of hydrogen-bond acceptors (Lipinski definition) is 3. The Kier molecular flexibility index (Phi) is 4.83. The predicted octanol–water partition coefficient (Wildman–Crippen LogP) is 2.02. The molecular formula is C14H28N2O. The van der Waals surface area contributed by atoms with Crippen LogP contribution in [-0.2, 0) is 4.74 Å². The van der Waals surface area contributed by atoms with Crippen LogP contribution in [0.4, 0.5) is 0 Å². The molecule has 2 rings (SSSR count). The van der Waals surface area contributed by atoms with Gasteiger partial charge < -0.3 is 15.0 Å². The van der Waals surface area contributed by atoms with E-state index in [0.29, 0.717) is 18.2 Å². The summed E-state index contributed by atoms with van der Waals surface area (Å²) in [5.74, 6) is 0. The molecule has 100 valence electrons. The van der Waals surface area contributed by atoms with Crippen LogP contribution >= 0.6 is 0 Å². The Bertz CT molecular complexity index is 224. The average Bonchev–Trinajstić information content (AvgIpc) is 2.27. The second kappa shape index (κ2) is 6.17. The zero-order valence-corrected chi connectivity index (χ0v) is 11.6. The normalized spacial score (nSPS) is 40.4. The quantitative estimate of drug-likeness (QED) is 0.817. The number of nitrogens with one attached hydrogen (secondary N) is 1. The lowest BCUT2D eigenvalue weighted by atomic mass is 9.98. The highest BCUT2D eigenvalue weighted by atomic mass is 16.5. The maximum atomic E-state index is 5.78. The van der Waals surface area contributed by atoms with Crippen LogP contribution in [0.2, 0.25) is 0 Å². The number of likely N-dealkylation sites (N-methyl/N-ethyl adjacent to an activating group) is 1. The standard InChI is InChI=1S/C14H28N2O/c1-11-8-13(9-12(2)17-11)15-10-14-6-4-5-7-16(14)3/h11-15H,4-10H2,1-3H3. The van der Waals surface area contributed by atoms with Gasteiger partial charge in [-0.3, -0.25) is 0 Å². The van der Waals surface area contributed by atoms with Gasteiger partial charge in [-0.1, -0.05) is 6.42 Å². The van der Waals surface area contributed by atoms with Gasteiger partial charge in [-0.25, -0.2) is 0 Å². The molecule has 2 fully saturated rings. The summed E-state index contributed by atoms with van der Waals surface area (Å²) in [5.41, 5.74) is 0. The van der Waals surface area contributed by atoms with E-state index in [2.05, 4.69) is 31.1 Å². The minimum absolute atomic E-state index is 0.417. The molecular weight excluding hydrogens is 212 g/mol. The van der Waals surface area contributed by atoms with Gasteiger partial charge in [0.1, 0.15) is 0 Å². The molecule has 17 heavy (non-hydrogen) atoms. The maximum absolute atomic E-state index is 5.78. The number of ether oxygens (including phenoxy) is 1. The third-order valence-corrected chi connectivity index (χ3v) is 4.26. The number of hydrogen-bond donors (Lipinski definition) is 1. The minimum Gasteiger partial charge on any atom is -0.375 e. The Hall–Kier alpha value is -0.120. The van der Waals surface area contributed by atoms with Crippen molar-refractivity contribution in [3.05, 3.63) is 0 Å². The van der Waals surface area contributed by atoms with Crippen molar-refractivity contribution in [2.45, 2.75) is 70.2 Å². The zero-order chi connectivity index (χ0) is 12.3. The molecule has 2 aliphatic rings. The third-order valence-electron chi connectivity index (χ3n) is 4.26. The van der Waals surface area contributed by atoms with E-state index in [1.165, 1.54) is 38.6 Å². The Morgan fingerprint density at radius 1 is 1.18 bits per heavy atom. The number of likely N-dealkylation sites (tertiary alicyclic amines) is 1. The van der Waals surface area contributed by atoms with Gasteiger partial charge in [0.25, 0.3) is 0 Å². The van der Waals surface area contributed by atoms with Crippen molar-refractivity contribution in [2.75, 3.05) is 20.1 Å². The van der Waals surface area contributed by atoms with E-state index in [9.17, 15) is 0 Å². The minimum atomic E-state index is 0.417. The van der Waals surface area contributed by atoms with Crippen LogP contribution in [0.3, 0.4) is 0 Å². The smallest absolute Gasteiger partial charge is 0.0565 e. The summed E-state index contributed by atoms with van der Waals surface area (Å²) in [6.07, 6.45) is 7.30. The van der Waals surface area contributed by atoms with Crippen molar-refractivity contribution >= 4 is 0 Å². The van der Waals surface area contributed by atoms with Crippen LogP contribution in [0.1, 0.15) is 46.0 Å². The molecule has 1 N–H and O–H groups in total. The molecule has 3 atom stereocenters. The first-order chi connectivity index (χ1) is 8.15. The highest BCUT2D eigenvalue weighted by molar-refractivity contribution is 4.82. The zero-order valence-electron chi connectivity index (χ0n) is 11.6. The Morgan fingerprint density at radius 3 is 2.53 bits per heavy atom. The van der Waals surface area contributed by atoms with Crippen LogP contribution in [-0.4, -0.2) is 49.3 Å². The SMILES string of the molecule is CC1CC(NCC2CCCCN2C)CC(C)O1. The van der Waals surface area contributed by atoms with Crippen molar-refractivity contribution in [1.82, 2.24) is 10.2 Å². The molecule has 2 saturated heterocycles. The molecule has 0 radical (unpaired) electrons. The number of piperidine rings is 1. The number of rotatable bonds is 3. The van der Waals surface area contributed by atoms with E-state index in [1.54, 1.807) is 0 Å². The highest BCUT2D eigenvalue weighted by Crippen LogP contribution is 2.20. The summed E-state index contributed by atoms with van der Waals surface area (Å²) in [7, 11) is 2.26. The van der Waals surface area contributed by atoms with Gasteiger partial charge >= 0.3 is 0 Å². The monoisotopic (exact) mass is 240 g/mol. The summed E-state index contributed by atoms with van der Waals surface area (Å²) in [6.45, 7) is 6.81. The Balaban J connectivity index is 1.73. The van der Waals surface area contributed by atoms with Gasteiger partial charge in [0, 0.05) is 18.6 Å². The summed E-state index contributed by atoms with van der Waals surface area (Å²) >= 11 is 0. The van der Waals surface area contributed by atoms with Gasteiger partial charge in [0.15, 0.2) is 0 Å². The molecule has 0 aromatic heterocycles. The molecule has 0 aromatic carbocycles. The second-order valence-corrected chi connectivity index (χ2v) is 5.96. The van der Waals surface area contributed by atoms with Gasteiger partial charge in [-0.15, -0.1) is 0 Å². The van der Waals surface area contributed by atoms with Crippen molar-refractivity contribution < 1.29 is 4.74 Å². The largest absolute Gasteiger partial charge is 0.375 e. The molecule has 0 bridgehead atoms. The fourth-order valence-corrected chi connectivity index (χ4v) is 3.28. The van der Waals surface area contributed by atoms with E-state index in [1.807, 2.05) is 0 Å². The molecule has 0 saturated carbocycles. The fourth-order valence-electron chi connectivity index (χ4n) is 3.28. The summed E-state index contributed by atoms with van der Waals surface area (Å²) in [5, 5.41) is 3.76. The van der Waals surface area contributed by atoms with Gasteiger partial charge in [-0.05, 0) is 53.1 Å². The first kappa shape index (κ1) is 13.3. The molecule has 0 aliphatic carbocycles. The van der Waals surface area contributed by atoms with Crippen LogP contribution in [0, 0.1) is 0 Å². The van der Waals surface area contributed by atoms with E-state index >= 15 is 0 Å². The van der Waals surface area contributed by atoms with Crippen LogP contribution in [0.25, 0.3) is 0 Å². The lowest BCUT2D eigenvalue weighted by molar-refractivity contribution is -0.0429.